The molecule has 0 fully saturated rings. The molecule has 46 valence electrons. The lowest BCUT2D eigenvalue weighted by molar-refractivity contribution is 0.860. The Bertz CT molecular complexity index is 94.7. The zero-order chi connectivity index (χ0) is 6.41. The Morgan fingerprint density at radius 2 is 2.12 bits per heavy atom. The van der Waals surface area contributed by atoms with Gasteiger partial charge in [0.1, 0.15) is 0 Å². The maximum absolute atomic E-state index is 3.03. The molecule has 0 aromatic heterocycles. The Morgan fingerprint density at radius 3 is 2.50 bits per heavy atom. The minimum absolute atomic E-state index is 0.503. The quantitative estimate of drug-likeness (QED) is 0.495. The van der Waals surface area contributed by atoms with Gasteiger partial charge in [-0.15, -0.1) is 0 Å². The van der Waals surface area contributed by atoms with Crippen molar-refractivity contribution in [3.8, 4) is 11.8 Å². The fraction of sp³-hybridized carbons (Fsp3) is 0.714. The summed E-state index contributed by atoms with van der Waals surface area (Å²) >= 11 is 0. The first-order valence-electron chi connectivity index (χ1n) is 2.90. The van der Waals surface area contributed by atoms with Crippen LogP contribution in [0.15, 0.2) is 0 Å². The molecule has 0 amide bonds. The molecule has 0 heterocycles. The summed E-state index contributed by atoms with van der Waals surface area (Å²) in [7, 11) is 1.90. The zero-order valence-electron chi connectivity index (χ0n) is 5.78. The summed E-state index contributed by atoms with van der Waals surface area (Å²) in [5, 5.41) is 2.95. The van der Waals surface area contributed by atoms with Gasteiger partial charge in [-0.25, -0.2) is 0 Å². The van der Waals surface area contributed by atoms with Crippen molar-refractivity contribution in [3.05, 3.63) is 0 Å². The van der Waals surface area contributed by atoms with E-state index in [4.69, 9.17) is 0 Å². The van der Waals surface area contributed by atoms with Gasteiger partial charge in [-0.1, -0.05) is 25.7 Å². The summed E-state index contributed by atoms with van der Waals surface area (Å²) in [5.41, 5.74) is 0. The number of rotatable bonds is 1. The van der Waals surface area contributed by atoms with Crippen molar-refractivity contribution in [2.45, 2.75) is 13.8 Å². The van der Waals surface area contributed by atoms with E-state index in [1.54, 1.807) is 0 Å². The average molecular weight is 111 g/mol. The van der Waals surface area contributed by atoms with Gasteiger partial charge in [-0.05, 0) is 7.05 Å². The first kappa shape index (κ1) is 7.52. The SMILES string of the molecule is CNCC#CC(C)C. The molecule has 0 radical (unpaired) electrons. The molecule has 0 rings (SSSR count). The monoisotopic (exact) mass is 111 g/mol. The fourth-order valence-corrected chi connectivity index (χ4v) is 0.344. The largest absolute Gasteiger partial charge is 0.309 e. The molecular formula is C7H13N. The van der Waals surface area contributed by atoms with Crippen LogP contribution in [0, 0.1) is 17.8 Å². The zero-order valence-corrected chi connectivity index (χ0v) is 5.78. The smallest absolute Gasteiger partial charge is 0.0574 e. The second kappa shape index (κ2) is 4.67. The van der Waals surface area contributed by atoms with Gasteiger partial charge < -0.3 is 5.32 Å². The maximum Gasteiger partial charge on any atom is 0.0574 e. The Balaban J connectivity index is 3.20. The molecule has 0 aliphatic heterocycles. The molecule has 1 heteroatoms. The molecule has 0 aromatic rings. The van der Waals surface area contributed by atoms with E-state index >= 15 is 0 Å². The van der Waals surface area contributed by atoms with E-state index < -0.39 is 0 Å². The molecule has 0 bridgehead atoms. The van der Waals surface area contributed by atoms with Crippen molar-refractivity contribution in [1.82, 2.24) is 5.32 Å². The third kappa shape index (κ3) is 5.52. The average Bonchev–Trinajstić information content (AvgIpc) is 1.66. The van der Waals surface area contributed by atoms with Gasteiger partial charge in [0.15, 0.2) is 0 Å². The predicted octanol–water partition coefficient (Wildman–Crippen LogP) is 0.865. The maximum atomic E-state index is 3.03. The molecule has 1 N–H and O–H groups in total. The van der Waals surface area contributed by atoms with Crippen molar-refractivity contribution in [3.63, 3.8) is 0 Å². The van der Waals surface area contributed by atoms with E-state index in [1.165, 1.54) is 0 Å². The third-order valence-electron chi connectivity index (χ3n) is 0.656. The first-order chi connectivity index (χ1) is 3.77. The van der Waals surface area contributed by atoms with Crippen molar-refractivity contribution in [1.29, 1.82) is 0 Å². The number of nitrogens with one attached hydrogen (secondary N) is 1. The first-order valence-corrected chi connectivity index (χ1v) is 2.90. The predicted molar refractivity (Wildman–Crippen MR) is 36.5 cm³/mol. The van der Waals surface area contributed by atoms with Crippen LogP contribution in [0.2, 0.25) is 0 Å². The van der Waals surface area contributed by atoms with E-state index in [-0.39, 0.29) is 0 Å². The molecule has 1 nitrogen and oxygen atoms in total. The van der Waals surface area contributed by atoms with Crippen molar-refractivity contribution < 1.29 is 0 Å². The summed E-state index contributed by atoms with van der Waals surface area (Å²) in [4.78, 5) is 0. The van der Waals surface area contributed by atoms with Crippen LogP contribution in [0.1, 0.15) is 13.8 Å². The van der Waals surface area contributed by atoms with Crippen molar-refractivity contribution in [2.24, 2.45) is 5.92 Å². The molecule has 0 saturated carbocycles. The van der Waals surface area contributed by atoms with E-state index in [0.717, 1.165) is 6.54 Å². The Labute approximate surface area is 51.5 Å². The van der Waals surface area contributed by atoms with Gasteiger partial charge in [0.25, 0.3) is 0 Å². The molecule has 0 aromatic carbocycles. The van der Waals surface area contributed by atoms with Crippen LogP contribution in [0.4, 0.5) is 0 Å². The minimum atomic E-state index is 0.503. The Kier molecular flexibility index (Phi) is 4.39. The second-order valence-electron chi connectivity index (χ2n) is 2.01. The van der Waals surface area contributed by atoms with Crippen LogP contribution in [0.5, 0.6) is 0 Å². The molecular weight excluding hydrogens is 98.1 g/mol. The highest BCUT2D eigenvalue weighted by Crippen LogP contribution is 1.83. The van der Waals surface area contributed by atoms with Gasteiger partial charge in [-0.2, -0.15) is 0 Å². The third-order valence-corrected chi connectivity index (χ3v) is 0.656. The molecule has 0 unspecified atom stereocenters. The lowest BCUT2D eigenvalue weighted by atomic mass is 10.2. The van der Waals surface area contributed by atoms with Crippen LogP contribution < -0.4 is 5.32 Å². The molecule has 8 heavy (non-hydrogen) atoms. The number of hydrogen-bond donors (Lipinski definition) is 1. The highest BCUT2D eigenvalue weighted by molar-refractivity contribution is 5.02. The molecule has 0 aliphatic rings. The summed E-state index contributed by atoms with van der Waals surface area (Å²) in [6.45, 7) is 4.98. The van der Waals surface area contributed by atoms with Crippen molar-refractivity contribution in [2.75, 3.05) is 13.6 Å². The molecule has 0 saturated heterocycles. The molecule has 0 spiro atoms. The highest BCUT2D eigenvalue weighted by atomic mass is 14.8. The van der Waals surface area contributed by atoms with Gasteiger partial charge in [0, 0.05) is 5.92 Å². The summed E-state index contributed by atoms with van der Waals surface area (Å²) < 4.78 is 0. The fourth-order valence-electron chi connectivity index (χ4n) is 0.344. The normalized spacial score (nSPS) is 8.50. The summed E-state index contributed by atoms with van der Waals surface area (Å²) in [5.74, 6) is 6.51. The lowest BCUT2D eigenvalue weighted by Gasteiger charge is -1.86. The minimum Gasteiger partial charge on any atom is -0.309 e. The Morgan fingerprint density at radius 1 is 1.50 bits per heavy atom. The van der Waals surface area contributed by atoms with Crippen molar-refractivity contribution >= 4 is 0 Å². The van der Waals surface area contributed by atoms with E-state index in [1.807, 2.05) is 7.05 Å². The number of hydrogen-bond acceptors (Lipinski definition) is 1. The summed E-state index contributed by atoms with van der Waals surface area (Å²) in [6.07, 6.45) is 0. The van der Waals surface area contributed by atoms with E-state index in [9.17, 15) is 0 Å². The standard InChI is InChI=1S/C7H13N/c1-7(2)5-4-6-8-3/h7-8H,6H2,1-3H3. The van der Waals surface area contributed by atoms with Gasteiger partial charge in [0.05, 0.1) is 6.54 Å². The summed E-state index contributed by atoms with van der Waals surface area (Å²) in [6, 6.07) is 0. The molecule has 0 atom stereocenters. The Hall–Kier alpha value is -0.480. The van der Waals surface area contributed by atoms with Crippen LogP contribution in [0.25, 0.3) is 0 Å². The van der Waals surface area contributed by atoms with Crippen LogP contribution in [0.3, 0.4) is 0 Å². The van der Waals surface area contributed by atoms with E-state index in [2.05, 4.69) is 31.0 Å². The van der Waals surface area contributed by atoms with Crippen LogP contribution in [-0.2, 0) is 0 Å². The lowest BCUT2D eigenvalue weighted by Crippen LogP contribution is -2.04. The topological polar surface area (TPSA) is 12.0 Å². The highest BCUT2D eigenvalue weighted by Gasteiger charge is 1.78. The van der Waals surface area contributed by atoms with Gasteiger partial charge in [-0.3, -0.25) is 0 Å². The van der Waals surface area contributed by atoms with Gasteiger partial charge in [0.2, 0.25) is 0 Å². The molecule has 0 aliphatic carbocycles. The van der Waals surface area contributed by atoms with Crippen LogP contribution in [-0.4, -0.2) is 13.6 Å². The second-order valence-corrected chi connectivity index (χ2v) is 2.01. The van der Waals surface area contributed by atoms with E-state index in [0.29, 0.717) is 5.92 Å². The van der Waals surface area contributed by atoms with Gasteiger partial charge >= 0.3 is 0 Å². The van der Waals surface area contributed by atoms with Crippen LogP contribution >= 0.6 is 0 Å².